The van der Waals surface area contributed by atoms with Gasteiger partial charge in [-0.2, -0.15) is 5.10 Å². The molecule has 2 aromatic heterocycles. The van der Waals surface area contributed by atoms with Crippen LogP contribution in [-0.2, 0) is 17.8 Å². The number of aromatic nitrogens is 2. The van der Waals surface area contributed by atoms with Crippen molar-refractivity contribution >= 4 is 38.5 Å². The van der Waals surface area contributed by atoms with Crippen molar-refractivity contribution < 1.29 is 13.9 Å². The van der Waals surface area contributed by atoms with Crippen molar-refractivity contribution in [2.24, 2.45) is 0 Å². The first-order chi connectivity index (χ1) is 17.4. The fourth-order valence-electron chi connectivity index (χ4n) is 4.46. The van der Waals surface area contributed by atoms with E-state index in [9.17, 15) is 4.79 Å². The Morgan fingerprint density at radius 1 is 1.08 bits per heavy atom. The Labute approximate surface area is 219 Å². The Balaban J connectivity index is 1.28. The largest absolute Gasteiger partial charge is 0.460 e. The van der Waals surface area contributed by atoms with Crippen LogP contribution in [0.2, 0.25) is 0 Å². The number of nitrogens with one attached hydrogen (secondary N) is 1. The summed E-state index contributed by atoms with van der Waals surface area (Å²) < 4.78 is 14.4. The zero-order valence-corrected chi connectivity index (χ0v) is 22.5. The lowest BCUT2D eigenvalue weighted by Gasteiger charge is -2.26. The van der Waals surface area contributed by atoms with E-state index in [4.69, 9.17) is 9.15 Å². The van der Waals surface area contributed by atoms with E-state index in [0.717, 1.165) is 71.0 Å². The number of hydrogen-bond donors (Lipinski definition) is 1. The fourth-order valence-corrected chi connectivity index (χ4v) is 4.98. The molecule has 1 N–H and O–H groups in total. The minimum absolute atomic E-state index is 0.225. The molecule has 1 fully saturated rings. The summed E-state index contributed by atoms with van der Waals surface area (Å²) in [7, 11) is 0. The van der Waals surface area contributed by atoms with Gasteiger partial charge in [0, 0.05) is 52.4 Å². The van der Waals surface area contributed by atoms with Crippen molar-refractivity contribution in [2.75, 3.05) is 31.6 Å². The molecule has 0 spiro atoms. The molecule has 0 saturated carbocycles. The van der Waals surface area contributed by atoms with Gasteiger partial charge < -0.3 is 14.5 Å². The lowest BCUT2D eigenvalue weighted by atomic mass is 10.1. The molecule has 0 aliphatic carbocycles. The topological polar surface area (TPSA) is 72.5 Å². The van der Waals surface area contributed by atoms with Gasteiger partial charge in [-0.3, -0.25) is 14.4 Å². The van der Waals surface area contributed by atoms with E-state index in [1.807, 2.05) is 29.8 Å². The van der Waals surface area contributed by atoms with Crippen molar-refractivity contribution in [3.63, 3.8) is 0 Å². The molecular formula is C28H31BrN4O3. The Morgan fingerprint density at radius 3 is 2.56 bits per heavy atom. The maximum absolute atomic E-state index is 12.9. The molecule has 1 aliphatic heterocycles. The van der Waals surface area contributed by atoms with Crippen molar-refractivity contribution in [2.45, 2.75) is 39.8 Å². The van der Waals surface area contributed by atoms with Crippen LogP contribution < -0.4 is 5.32 Å². The first kappa shape index (κ1) is 24.7. The number of morpholine rings is 1. The van der Waals surface area contributed by atoms with E-state index in [2.05, 4.69) is 75.4 Å². The highest BCUT2D eigenvalue weighted by atomic mass is 79.9. The molecule has 0 atom stereocenters. The number of ether oxygens (including phenoxy) is 1. The molecule has 0 bridgehead atoms. The molecule has 1 aliphatic rings. The average molecular weight is 551 g/mol. The molecular weight excluding hydrogens is 520 g/mol. The van der Waals surface area contributed by atoms with Gasteiger partial charge in [0.05, 0.1) is 19.8 Å². The zero-order valence-electron chi connectivity index (χ0n) is 20.9. The van der Waals surface area contributed by atoms with Gasteiger partial charge in [-0.15, -0.1) is 0 Å². The summed E-state index contributed by atoms with van der Waals surface area (Å²) >= 11 is 3.62. The van der Waals surface area contributed by atoms with Crippen LogP contribution in [0.1, 0.15) is 52.8 Å². The summed E-state index contributed by atoms with van der Waals surface area (Å²) in [4.78, 5) is 15.3. The van der Waals surface area contributed by atoms with Crippen LogP contribution in [0.3, 0.4) is 0 Å². The second kappa shape index (κ2) is 10.6. The van der Waals surface area contributed by atoms with Crippen LogP contribution in [0.5, 0.6) is 0 Å². The molecule has 4 aromatic rings. The van der Waals surface area contributed by atoms with Crippen molar-refractivity contribution in [3.05, 3.63) is 81.3 Å². The predicted octanol–water partition coefficient (Wildman–Crippen LogP) is 5.96. The minimum Gasteiger partial charge on any atom is -0.460 e. The van der Waals surface area contributed by atoms with Gasteiger partial charge in [-0.1, -0.05) is 41.9 Å². The van der Waals surface area contributed by atoms with E-state index in [1.54, 1.807) is 0 Å². The zero-order chi connectivity index (χ0) is 25.2. The highest BCUT2D eigenvalue weighted by Crippen LogP contribution is 2.31. The summed E-state index contributed by atoms with van der Waals surface area (Å²) in [5.41, 5.74) is 5.14. The molecule has 2 aromatic carbocycles. The third kappa shape index (κ3) is 5.56. The van der Waals surface area contributed by atoms with E-state index >= 15 is 0 Å². The van der Waals surface area contributed by atoms with Crippen LogP contribution >= 0.6 is 15.9 Å². The average Bonchev–Trinajstić information content (AvgIpc) is 3.45. The molecule has 1 amide bonds. The van der Waals surface area contributed by atoms with Crippen LogP contribution in [-0.4, -0.2) is 46.9 Å². The Hall–Kier alpha value is -2.94. The third-order valence-corrected chi connectivity index (χ3v) is 6.96. The number of hydrogen-bond acceptors (Lipinski definition) is 5. The molecule has 36 heavy (non-hydrogen) atoms. The molecule has 0 radical (unpaired) electrons. The fraction of sp³-hybridized carbons (Fsp3) is 0.357. The number of carbonyl (C=O) groups excluding carboxylic acids is 1. The van der Waals surface area contributed by atoms with E-state index in [0.29, 0.717) is 18.2 Å². The van der Waals surface area contributed by atoms with Gasteiger partial charge in [0.2, 0.25) is 0 Å². The van der Waals surface area contributed by atoms with Crippen molar-refractivity contribution in [1.29, 1.82) is 0 Å². The molecule has 188 valence electrons. The minimum atomic E-state index is -0.225. The van der Waals surface area contributed by atoms with Gasteiger partial charge >= 0.3 is 0 Å². The Kier molecular flexibility index (Phi) is 7.27. The number of carbonyl (C=O) groups is 1. The predicted molar refractivity (Wildman–Crippen MR) is 145 cm³/mol. The number of amides is 1. The summed E-state index contributed by atoms with van der Waals surface area (Å²) in [5.74, 6) is 1.04. The highest BCUT2D eigenvalue weighted by Gasteiger charge is 2.17. The van der Waals surface area contributed by atoms with Gasteiger partial charge in [-0.25, -0.2) is 0 Å². The summed E-state index contributed by atoms with van der Waals surface area (Å²) in [6.07, 6.45) is 0. The monoisotopic (exact) mass is 550 g/mol. The van der Waals surface area contributed by atoms with Gasteiger partial charge in [-0.05, 0) is 48.9 Å². The van der Waals surface area contributed by atoms with Crippen LogP contribution in [0.4, 0.5) is 5.69 Å². The molecule has 0 unspecified atom stereocenters. The smallest absolute Gasteiger partial charge is 0.276 e. The number of furan rings is 1. The first-order valence-electron chi connectivity index (χ1n) is 12.3. The van der Waals surface area contributed by atoms with Gasteiger partial charge in [0.15, 0.2) is 5.69 Å². The standard InChI is InChI=1S/C28H31BrN4O3/c1-18(2)26-15-21-13-23(29)14-22(27(21)36-26)17-33-19(3)12-25(31-33)28(34)30-24-6-4-20(5-7-24)16-32-8-10-35-11-9-32/h4-7,12-15,18H,8-11,16-17H2,1-3H3,(H,30,34). The summed E-state index contributed by atoms with van der Waals surface area (Å²) in [6.45, 7) is 11.1. The molecule has 7 nitrogen and oxygen atoms in total. The maximum atomic E-state index is 12.9. The molecule has 1 saturated heterocycles. The number of rotatable bonds is 7. The summed E-state index contributed by atoms with van der Waals surface area (Å²) in [6, 6.07) is 16.0. The van der Waals surface area contributed by atoms with Crippen LogP contribution in [0, 0.1) is 6.92 Å². The van der Waals surface area contributed by atoms with E-state index < -0.39 is 0 Å². The quantitative estimate of drug-likeness (QED) is 0.307. The maximum Gasteiger partial charge on any atom is 0.276 e. The van der Waals surface area contributed by atoms with E-state index in [1.165, 1.54) is 5.56 Å². The third-order valence-electron chi connectivity index (χ3n) is 6.50. The summed E-state index contributed by atoms with van der Waals surface area (Å²) in [5, 5.41) is 8.64. The Bertz CT molecular complexity index is 1370. The number of aryl methyl sites for hydroxylation is 1. The van der Waals surface area contributed by atoms with Crippen molar-refractivity contribution in [1.82, 2.24) is 14.7 Å². The van der Waals surface area contributed by atoms with Crippen LogP contribution in [0.25, 0.3) is 11.0 Å². The van der Waals surface area contributed by atoms with Crippen molar-refractivity contribution in [3.8, 4) is 0 Å². The number of fused-ring (bicyclic) bond motifs is 1. The van der Waals surface area contributed by atoms with Gasteiger partial charge in [0.1, 0.15) is 11.3 Å². The lowest BCUT2D eigenvalue weighted by Crippen LogP contribution is -2.35. The van der Waals surface area contributed by atoms with Crippen LogP contribution in [0.15, 0.2) is 57.4 Å². The van der Waals surface area contributed by atoms with Gasteiger partial charge in [0.25, 0.3) is 5.91 Å². The van der Waals surface area contributed by atoms with E-state index in [-0.39, 0.29) is 5.91 Å². The molecule has 5 rings (SSSR count). The Morgan fingerprint density at radius 2 is 1.83 bits per heavy atom. The number of nitrogens with zero attached hydrogens (tertiary/aromatic N) is 3. The number of anilines is 1. The molecule has 3 heterocycles. The number of benzene rings is 2. The highest BCUT2D eigenvalue weighted by molar-refractivity contribution is 9.10. The normalized spacial score (nSPS) is 14.6. The SMILES string of the molecule is Cc1cc(C(=O)Nc2ccc(CN3CCOCC3)cc2)nn1Cc1cc(Br)cc2cc(C(C)C)oc12. The molecule has 8 heteroatoms. The second-order valence-electron chi connectivity index (χ2n) is 9.65. The lowest BCUT2D eigenvalue weighted by molar-refractivity contribution is 0.0342. The number of halogens is 1. The first-order valence-corrected chi connectivity index (χ1v) is 13.1. The second-order valence-corrected chi connectivity index (χ2v) is 10.6.